The van der Waals surface area contributed by atoms with Crippen LogP contribution in [0.4, 0.5) is 10.2 Å². The fourth-order valence-corrected chi connectivity index (χ4v) is 2.33. The lowest BCUT2D eigenvalue weighted by Crippen LogP contribution is -2.23. The maximum atomic E-state index is 13.1. The molecule has 2 rings (SSSR count). The molecule has 0 radical (unpaired) electrons. The highest BCUT2D eigenvalue weighted by molar-refractivity contribution is 14.1. The molecule has 6 heteroatoms. The second-order valence-electron chi connectivity index (χ2n) is 3.86. The third-order valence-electron chi connectivity index (χ3n) is 2.45. The van der Waals surface area contributed by atoms with Crippen molar-refractivity contribution >= 4 is 28.4 Å². The van der Waals surface area contributed by atoms with Crippen molar-refractivity contribution in [2.45, 2.75) is 6.54 Å². The Hall–Kier alpha value is -1.44. The van der Waals surface area contributed by atoms with Crippen molar-refractivity contribution in [2.24, 2.45) is 0 Å². The molecular formula is C12H11FIN3O. The highest BCUT2D eigenvalue weighted by Crippen LogP contribution is 2.16. The predicted octanol–water partition coefficient (Wildman–Crippen LogP) is 2.15. The zero-order valence-electron chi connectivity index (χ0n) is 9.65. The molecule has 0 saturated heterocycles. The van der Waals surface area contributed by atoms with E-state index < -0.39 is 0 Å². The van der Waals surface area contributed by atoms with Crippen LogP contribution in [0.25, 0.3) is 0 Å². The van der Waals surface area contributed by atoms with Crippen LogP contribution in [0, 0.1) is 9.39 Å². The van der Waals surface area contributed by atoms with Gasteiger partial charge in [0, 0.05) is 13.6 Å². The molecule has 0 spiro atoms. The van der Waals surface area contributed by atoms with Crippen LogP contribution in [0.5, 0.6) is 0 Å². The molecular weight excluding hydrogens is 348 g/mol. The van der Waals surface area contributed by atoms with Crippen molar-refractivity contribution < 1.29 is 4.39 Å². The molecule has 94 valence electrons. The summed E-state index contributed by atoms with van der Waals surface area (Å²) in [5.41, 5.74) is 0.655. The standard InChI is InChI=1S/C12H11FIN3O/c1-17(6-8-3-2-4-9(13)5-8)11-10(14)12(18)16-7-15-11/h2-5,7H,6H2,1H3,(H,15,16,18). The second-order valence-corrected chi connectivity index (χ2v) is 4.93. The average molecular weight is 359 g/mol. The minimum Gasteiger partial charge on any atom is -0.354 e. The third-order valence-corrected chi connectivity index (χ3v) is 3.42. The van der Waals surface area contributed by atoms with E-state index in [9.17, 15) is 9.18 Å². The van der Waals surface area contributed by atoms with Gasteiger partial charge in [-0.25, -0.2) is 9.37 Å². The van der Waals surface area contributed by atoms with E-state index >= 15 is 0 Å². The maximum absolute atomic E-state index is 13.1. The van der Waals surface area contributed by atoms with E-state index in [4.69, 9.17) is 0 Å². The molecule has 2 aromatic rings. The van der Waals surface area contributed by atoms with Gasteiger partial charge in [-0.2, -0.15) is 0 Å². The van der Waals surface area contributed by atoms with Gasteiger partial charge in [-0.05, 0) is 40.3 Å². The van der Waals surface area contributed by atoms with E-state index in [1.54, 1.807) is 6.07 Å². The number of aromatic nitrogens is 2. The maximum Gasteiger partial charge on any atom is 0.266 e. The third kappa shape index (κ3) is 2.87. The van der Waals surface area contributed by atoms with E-state index in [0.29, 0.717) is 15.9 Å². The lowest BCUT2D eigenvalue weighted by molar-refractivity contribution is 0.625. The topological polar surface area (TPSA) is 49.0 Å². The number of hydrogen-bond donors (Lipinski definition) is 1. The van der Waals surface area contributed by atoms with E-state index in [-0.39, 0.29) is 11.4 Å². The lowest BCUT2D eigenvalue weighted by Gasteiger charge is -2.18. The van der Waals surface area contributed by atoms with Crippen molar-refractivity contribution in [3.05, 3.63) is 55.9 Å². The highest BCUT2D eigenvalue weighted by atomic mass is 127. The Balaban J connectivity index is 2.25. The smallest absolute Gasteiger partial charge is 0.266 e. The van der Waals surface area contributed by atoms with Gasteiger partial charge < -0.3 is 9.88 Å². The predicted molar refractivity (Wildman–Crippen MR) is 76.1 cm³/mol. The van der Waals surface area contributed by atoms with Gasteiger partial charge in [-0.3, -0.25) is 4.79 Å². The van der Waals surface area contributed by atoms with Crippen LogP contribution in [0.15, 0.2) is 35.4 Å². The van der Waals surface area contributed by atoms with Gasteiger partial charge in [0.2, 0.25) is 0 Å². The summed E-state index contributed by atoms with van der Waals surface area (Å²) >= 11 is 1.95. The van der Waals surface area contributed by atoms with Gasteiger partial charge in [0.1, 0.15) is 15.2 Å². The number of nitrogens with zero attached hydrogens (tertiary/aromatic N) is 2. The van der Waals surface area contributed by atoms with Crippen molar-refractivity contribution in [2.75, 3.05) is 11.9 Å². The summed E-state index contributed by atoms with van der Waals surface area (Å²) in [7, 11) is 1.81. The van der Waals surface area contributed by atoms with Gasteiger partial charge in [0.25, 0.3) is 5.56 Å². The Morgan fingerprint density at radius 2 is 2.28 bits per heavy atom. The molecule has 0 aliphatic rings. The quantitative estimate of drug-likeness (QED) is 0.855. The molecule has 0 amide bonds. The van der Waals surface area contributed by atoms with Crippen LogP contribution < -0.4 is 10.5 Å². The number of H-pyrrole nitrogens is 1. The first-order valence-corrected chi connectivity index (χ1v) is 6.34. The Morgan fingerprint density at radius 3 is 3.00 bits per heavy atom. The molecule has 0 fully saturated rings. The normalized spacial score (nSPS) is 10.4. The molecule has 0 saturated carbocycles. The molecule has 0 aliphatic heterocycles. The molecule has 18 heavy (non-hydrogen) atoms. The molecule has 0 atom stereocenters. The highest BCUT2D eigenvalue weighted by Gasteiger charge is 2.10. The van der Waals surface area contributed by atoms with Gasteiger partial charge in [0.05, 0.1) is 6.33 Å². The van der Waals surface area contributed by atoms with Gasteiger partial charge >= 0.3 is 0 Å². The summed E-state index contributed by atoms with van der Waals surface area (Å²) in [4.78, 5) is 19.9. The Labute approximate surface area is 117 Å². The largest absolute Gasteiger partial charge is 0.354 e. The van der Waals surface area contributed by atoms with E-state index in [0.717, 1.165) is 5.56 Å². The van der Waals surface area contributed by atoms with Crippen molar-refractivity contribution in [3.8, 4) is 0 Å². The number of benzene rings is 1. The SMILES string of the molecule is CN(Cc1cccc(F)c1)c1nc[nH]c(=O)c1I. The van der Waals surface area contributed by atoms with Crippen LogP contribution in [0.3, 0.4) is 0 Å². The number of halogens is 2. The molecule has 0 unspecified atom stereocenters. The summed E-state index contributed by atoms with van der Waals surface area (Å²) in [6, 6.07) is 6.36. The van der Waals surface area contributed by atoms with Crippen LogP contribution in [0.2, 0.25) is 0 Å². The van der Waals surface area contributed by atoms with E-state index in [1.807, 2.05) is 40.6 Å². The van der Waals surface area contributed by atoms with Crippen molar-refractivity contribution in [1.29, 1.82) is 0 Å². The zero-order chi connectivity index (χ0) is 13.1. The number of anilines is 1. The summed E-state index contributed by atoms with van der Waals surface area (Å²) in [6.45, 7) is 0.490. The number of hydrogen-bond acceptors (Lipinski definition) is 3. The van der Waals surface area contributed by atoms with Crippen molar-refractivity contribution in [3.63, 3.8) is 0 Å². The van der Waals surface area contributed by atoms with E-state index in [1.165, 1.54) is 18.5 Å². The molecule has 1 N–H and O–H groups in total. The molecule has 1 heterocycles. The summed E-state index contributed by atoms with van der Waals surface area (Å²) in [5, 5.41) is 0. The van der Waals surface area contributed by atoms with Crippen LogP contribution in [-0.2, 0) is 6.54 Å². The first-order chi connectivity index (χ1) is 8.58. The molecule has 0 bridgehead atoms. The van der Waals surface area contributed by atoms with Gasteiger partial charge in [-0.15, -0.1) is 0 Å². The summed E-state index contributed by atoms with van der Waals surface area (Å²) in [6.07, 6.45) is 1.36. The first-order valence-electron chi connectivity index (χ1n) is 5.26. The Bertz CT molecular complexity index is 614. The Morgan fingerprint density at radius 1 is 1.50 bits per heavy atom. The number of rotatable bonds is 3. The first kappa shape index (κ1) is 13.0. The van der Waals surface area contributed by atoms with Gasteiger partial charge in [-0.1, -0.05) is 12.1 Å². The number of aromatic amines is 1. The fraction of sp³-hybridized carbons (Fsp3) is 0.167. The zero-order valence-corrected chi connectivity index (χ0v) is 11.8. The minimum atomic E-state index is -0.269. The molecule has 4 nitrogen and oxygen atoms in total. The van der Waals surface area contributed by atoms with E-state index in [2.05, 4.69) is 9.97 Å². The average Bonchev–Trinajstić information content (AvgIpc) is 2.32. The lowest BCUT2D eigenvalue weighted by atomic mass is 10.2. The van der Waals surface area contributed by atoms with Crippen LogP contribution in [-0.4, -0.2) is 17.0 Å². The van der Waals surface area contributed by atoms with Crippen LogP contribution in [0.1, 0.15) is 5.56 Å². The fourth-order valence-electron chi connectivity index (χ4n) is 1.62. The van der Waals surface area contributed by atoms with Crippen molar-refractivity contribution in [1.82, 2.24) is 9.97 Å². The van der Waals surface area contributed by atoms with Crippen LogP contribution >= 0.6 is 22.6 Å². The molecule has 1 aromatic heterocycles. The second kappa shape index (κ2) is 5.47. The summed E-state index contributed by atoms with van der Waals surface area (Å²) in [5.74, 6) is 0.318. The summed E-state index contributed by atoms with van der Waals surface area (Å²) < 4.78 is 13.6. The minimum absolute atomic E-state index is 0.174. The Kier molecular flexibility index (Phi) is 3.95. The monoisotopic (exact) mass is 359 g/mol. The molecule has 0 aliphatic carbocycles. The molecule has 1 aromatic carbocycles. The number of nitrogens with one attached hydrogen (secondary N) is 1. The van der Waals surface area contributed by atoms with Gasteiger partial charge in [0.15, 0.2) is 0 Å².